The number of amides is 2. The normalized spacial score (nSPS) is 20.1. The largest absolute Gasteiger partial charge is 0.472 e. The van der Waals surface area contributed by atoms with Crippen LogP contribution in [-0.2, 0) is 36.1 Å². The van der Waals surface area contributed by atoms with E-state index in [1.807, 2.05) is 60.7 Å². The van der Waals surface area contributed by atoms with Gasteiger partial charge in [-0.3, -0.25) is 23.3 Å². The summed E-state index contributed by atoms with van der Waals surface area (Å²) in [5.74, 6) is -0.715. The van der Waals surface area contributed by atoms with Crippen LogP contribution in [0.15, 0.2) is 91.4 Å². The molecule has 3 heterocycles. The molecule has 2 aromatic heterocycles. The number of primary amides is 1. The Hall–Kier alpha value is -4.34. The van der Waals surface area contributed by atoms with Gasteiger partial charge in [0.25, 0.3) is 12.1 Å². The molecule has 16 heteroatoms. The molecule has 0 bridgehead atoms. The molecule has 266 valence electrons. The minimum absolute atomic E-state index is 0.0350. The van der Waals surface area contributed by atoms with Crippen molar-refractivity contribution < 1.29 is 47.6 Å². The predicted octanol–water partition coefficient (Wildman–Crippen LogP) is 2.13. The molecular weight excluding hydrogens is 667 g/mol. The Morgan fingerprint density at radius 3 is 2.36 bits per heavy atom. The van der Waals surface area contributed by atoms with Crippen molar-refractivity contribution in [2.45, 2.75) is 69.2 Å². The van der Waals surface area contributed by atoms with Crippen LogP contribution in [0.5, 0.6) is 0 Å². The molecule has 0 radical (unpaired) electrons. The summed E-state index contributed by atoms with van der Waals surface area (Å²) in [7, 11) is -4.51. The number of aromatic nitrogens is 4. The minimum atomic E-state index is -4.51. The monoisotopic (exact) mass is 709 g/mol. The van der Waals surface area contributed by atoms with E-state index in [0.717, 1.165) is 17.5 Å². The van der Waals surface area contributed by atoms with E-state index in [9.17, 15) is 29.3 Å². The van der Waals surface area contributed by atoms with Crippen LogP contribution in [-0.4, -0.2) is 73.4 Å². The topological polar surface area (TPSA) is 212 Å². The fraction of sp³-hybridized carbons (Fsp3) is 0.382. The molecule has 0 saturated carbocycles. The Kier molecular flexibility index (Phi) is 13.0. The third-order valence-corrected chi connectivity index (χ3v) is 9.15. The van der Waals surface area contributed by atoms with Gasteiger partial charge >= 0.3 is 7.82 Å². The number of benzene rings is 2. The van der Waals surface area contributed by atoms with Crippen molar-refractivity contribution >= 4 is 19.6 Å². The second-order valence-electron chi connectivity index (χ2n) is 11.9. The van der Waals surface area contributed by atoms with Gasteiger partial charge in [-0.25, -0.2) is 4.57 Å². The molecule has 5 atom stereocenters. The molecule has 2 aromatic carbocycles. The van der Waals surface area contributed by atoms with Crippen molar-refractivity contribution in [1.29, 1.82) is 0 Å². The molecule has 1 fully saturated rings. The van der Waals surface area contributed by atoms with Crippen molar-refractivity contribution in [2.75, 3.05) is 13.2 Å². The zero-order valence-electron chi connectivity index (χ0n) is 27.3. The molecule has 1 saturated heterocycles. The number of aliphatic hydroxyl groups is 2. The number of nitrogens with two attached hydrogens (primary N) is 1. The summed E-state index contributed by atoms with van der Waals surface area (Å²) in [4.78, 5) is 34.4. The first kappa shape index (κ1) is 36.9. The highest BCUT2D eigenvalue weighted by molar-refractivity contribution is 7.47. The number of rotatable bonds is 18. The molecule has 6 N–H and O–H groups in total. The number of aliphatic hydroxyl groups excluding tert-OH is 2. The van der Waals surface area contributed by atoms with Gasteiger partial charge in [0.05, 0.1) is 24.9 Å². The van der Waals surface area contributed by atoms with Crippen molar-refractivity contribution in [3.63, 3.8) is 0 Å². The van der Waals surface area contributed by atoms with Gasteiger partial charge in [-0.05, 0) is 42.9 Å². The lowest BCUT2D eigenvalue weighted by molar-refractivity contribution is -0.765. The van der Waals surface area contributed by atoms with E-state index in [1.165, 1.54) is 29.1 Å². The SMILES string of the molecule is NC(=O)c1ccc[n+]([C@@H]2O[C@H](COP(=O)(O)OCCCc3cn(CCCCC(=O)NC(c4ccccc4)c4ccccc4)nn3)[C@@H](O)[C@H]2O)c1. The zero-order chi connectivity index (χ0) is 35.5. The van der Waals surface area contributed by atoms with Crippen LogP contribution in [0.25, 0.3) is 0 Å². The van der Waals surface area contributed by atoms with Gasteiger partial charge in [0, 0.05) is 25.2 Å². The summed E-state index contributed by atoms with van der Waals surface area (Å²) in [5.41, 5.74) is 8.18. The third-order valence-electron chi connectivity index (χ3n) is 8.17. The van der Waals surface area contributed by atoms with E-state index in [-0.39, 0.29) is 24.1 Å². The van der Waals surface area contributed by atoms with Gasteiger partial charge in [-0.15, -0.1) is 5.10 Å². The standard InChI is InChI=1S/C34H41N6O9P/c35-33(44)26-15-9-18-39(21-26)34-32(43)31(42)28(49-34)23-48-50(45,46)47-20-10-16-27-22-40(38-37-27)19-8-7-17-29(41)36-30(24-11-3-1-4-12-24)25-13-5-2-6-14-25/h1-6,9,11-15,18,21-22,28,30-32,34,42-43H,7-8,10,16-17,19-20,23H2,(H3-,35,36,41,44,45,46)/p+1/t28-,31-,32-,34-/m1/s1. The lowest BCUT2D eigenvalue weighted by Gasteiger charge is -2.20. The van der Waals surface area contributed by atoms with Crippen LogP contribution in [0.2, 0.25) is 0 Å². The first-order valence-electron chi connectivity index (χ1n) is 16.3. The zero-order valence-corrected chi connectivity index (χ0v) is 28.2. The summed E-state index contributed by atoms with van der Waals surface area (Å²) in [6.45, 7) is -0.0655. The molecule has 1 aliphatic heterocycles. The average Bonchev–Trinajstić information content (AvgIpc) is 3.70. The fourth-order valence-corrected chi connectivity index (χ4v) is 6.32. The number of pyridine rings is 1. The van der Waals surface area contributed by atoms with Crippen LogP contribution in [0, 0.1) is 0 Å². The Balaban J connectivity index is 0.982. The Morgan fingerprint density at radius 1 is 0.980 bits per heavy atom. The van der Waals surface area contributed by atoms with Gasteiger partial charge in [-0.2, -0.15) is 4.57 Å². The number of hydrogen-bond donors (Lipinski definition) is 5. The number of nitrogens with one attached hydrogen (secondary N) is 1. The van der Waals surface area contributed by atoms with Gasteiger partial charge in [-0.1, -0.05) is 65.9 Å². The molecule has 1 aliphatic rings. The van der Waals surface area contributed by atoms with Crippen LogP contribution in [0.1, 0.15) is 65.1 Å². The highest BCUT2D eigenvalue weighted by Crippen LogP contribution is 2.44. The van der Waals surface area contributed by atoms with Crippen LogP contribution < -0.4 is 15.6 Å². The van der Waals surface area contributed by atoms with E-state index in [4.69, 9.17) is 19.5 Å². The molecule has 2 amide bonds. The van der Waals surface area contributed by atoms with Crippen LogP contribution in [0.3, 0.4) is 0 Å². The summed E-state index contributed by atoms with van der Waals surface area (Å²) >= 11 is 0. The molecular formula is C34H42N6O9P+. The van der Waals surface area contributed by atoms with E-state index in [0.29, 0.717) is 37.9 Å². The maximum absolute atomic E-state index is 12.8. The summed E-state index contributed by atoms with van der Waals surface area (Å²) in [6, 6.07) is 22.5. The Morgan fingerprint density at radius 2 is 1.68 bits per heavy atom. The quantitative estimate of drug-likeness (QED) is 0.0574. The number of hydrogen-bond acceptors (Lipinski definition) is 10. The van der Waals surface area contributed by atoms with Crippen molar-refractivity contribution in [2.24, 2.45) is 5.73 Å². The van der Waals surface area contributed by atoms with Crippen molar-refractivity contribution in [3.05, 3.63) is 114 Å². The number of unbranched alkanes of at least 4 members (excludes halogenated alkanes) is 1. The number of carbonyl (C=O) groups excluding carboxylic acids is 2. The number of phosphoric ester groups is 1. The first-order chi connectivity index (χ1) is 24.1. The van der Waals surface area contributed by atoms with Gasteiger partial charge in [0.1, 0.15) is 17.8 Å². The highest BCUT2D eigenvalue weighted by atomic mass is 31.2. The predicted molar refractivity (Wildman–Crippen MR) is 178 cm³/mol. The van der Waals surface area contributed by atoms with E-state index in [1.54, 1.807) is 10.9 Å². The first-order valence-corrected chi connectivity index (χ1v) is 17.8. The number of phosphoric acid groups is 1. The average molecular weight is 710 g/mol. The van der Waals surface area contributed by atoms with E-state index < -0.39 is 44.9 Å². The second-order valence-corrected chi connectivity index (χ2v) is 13.4. The van der Waals surface area contributed by atoms with Crippen molar-refractivity contribution in [3.8, 4) is 0 Å². The lowest BCUT2D eigenvalue weighted by Crippen LogP contribution is -2.46. The Labute approximate surface area is 289 Å². The van der Waals surface area contributed by atoms with Crippen LogP contribution in [0.4, 0.5) is 0 Å². The second kappa shape index (κ2) is 17.5. The van der Waals surface area contributed by atoms with Gasteiger partial charge in [0.2, 0.25) is 5.91 Å². The lowest BCUT2D eigenvalue weighted by atomic mass is 9.98. The molecule has 1 unspecified atom stereocenters. The fourth-order valence-electron chi connectivity index (χ4n) is 5.55. The van der Waals surface area contributed by atoms with Crippen LogP contribution >= 0.6 is 7.82 Å². The summed E-state index contributed by atoms with van der Waals surface area (Å²) in [5, 5.41) is 32.3. The van der Waals surface area contributed by atoms with E-state index in [2.05, 4.69) is 15.6 Å². The maximum Gasteiger partial charge on any atom is 0.472 e. The van der Waals surface area contributed by atoms with E-state index >= 15 is 0 Å². The number of aryl methyl sites for hydroxylation is 2. The maximum atomic E-state index is 12.8. The number of carbonyl (C=O) groups is 2. The highest BCUT2D eigenvalue weighted by Gasteiger charge is 2.49. The summed E-state index contributed by atoms with van der Waals surface area (Å²) in [6.07, 6.45) is 2.15. The number of ether oxygens (including phenoxy) is 1. The minimum Gasteiger partial charge on any atom is -0.387 e. The Bertz CT molecular complexity index is 1710. The molecule has 0 spiro atoms. The third kappa shape index (κ3) is 10.3. The molecule has 5 rings (SSSR count). The molecule has 0 aliphatic carbocycles. The molecule has 15 nitrogen and oxygen atoms in total. The molecule has 4 aromatic rings. The van der Waals surface area contributed by atoms with Gasteiger partial charge < -0.3 is 30.9 Å². The van der Waals surface area contributed by atoms with Gasteiger partial charge in [0.15, 0.2) is 18.5 Å². The smallest absolute Gasteiger partial charge is 0.387 e. The summed E-state index contributed by atoms with van der Waals surface area (Å²) < 4.78 is 31.2. The number of nitrogens with zero attached hydrogens (tertiary/aromatic N) is 4. The molecule has 50 heavy (non-hydrogen) atoms. The van der Waals surface area contributed by atoms with Crippen molar-refractivity contribution in [1.82, 2.24) is 20.3 Å².